The Bertz CT molecular complexity index is 378. The molecule has 0 aromatic heterocycles. The summed E-state index contributed by atoms with van der Waals surface area (Å²) in [6.45, 7) is 3.22. The topological polar surface area (TPSA) is 29.1 Å². The first-order chi connectivity index (χ1) is 7.54. The third kappa shape index (κ3) is 3.41. The first-order valence-electron chi connectivity index (χ1n) is 4.51. The zero-order valence-electron chi connectivity index (χ0n) is 8.29. The van der Waals surface area contributed by atoms with Crippen LogP contribution in [0.2, 0.25) is 0 Å². The molecule has 16 heavy (non-hydrogen) atoms. The Morgan fingerprint density at radius 1 is 1.38 bits per heavy atom. The van der Waals surface area contributed by atoms with Gasteiger partial charge in [0.25, 0.3) is 6.43 Å². The fourth-order valence-electron chi connectivity index (χ4n) is 1.17. The predicted octanol–water partition coefficient (Wildman–Crippen LogP) is 3.06. The molecule has 86 valence electrons. The summed E-state index contributed by atoms with van der Waals surface area (Å²) in [5.41, 5.74) is 0.355. The van der Waals surface area contributed by atoms with Crippen LogP contribution < -0.4 is 5.32 Å². The molecule has 1 aromatic carbocycles. The van der Waals surface area contributed by atoms with Crippen LogP contribution in [-0.2, 0) is 4.79 Å². The molecule has 0 aliphatic carbocycles. The third-order valence-corrected chi connectivity index (χ3v) is 2.49. The van der Waals surface area contributed by atoms with Gasteiger partial charge in [-0.2, -0.15) is 0 Å². The van der Waals surface area contributed by atoms with Crippen molar-refractivity contribution in [3.8, 4) is 0 Å². The highest BCUT2D eigenvalue weighted by Crippen LogP contribution is 2.22. The summed E-state index contributed by atoms with van der Waals surface area (Å²) in [5.74, 6) is -0.617. The Labute approximate surface area is 100 Å². The fraction of sp³-hybridized carbons (Fsp3) is 0.182. The van der Waals surface area contributed by atoms with Crippen LogP contribution in [-0.4, -0.2) is 12.3 Å². The molecular formula is C11H10BrF2NO. The molecule has 0 aliphatic heterocycles. The molecule has 1 aromatic rings. The van der Waals surface area contributed by atoms with Gasteiger partial charge in [0.1, 0.15) is 6.04 Å². The van der Waals surface area contributed by atoms with Gasteiger partial charge in [0.05, 0.1) is 0 Å². The van der Waals surface area contributed by atoms with Gasteiger partial charge in [0.15, 0.2) is 0 Å². The molecular weight excluding hydrogens is 280 g/mol. The first kappa shape index (κ1) is 12.8. The molecule has 0 heterocycles. The van der Waals surface area contributed by atoms with Gasteiger partial charge in [0, 0.05) is 4.47 Å². The highest BCUT2D eigenvalue weighted by atomic mass is 79.9. The minimum atomic E-state index is -2.66. The molecule has 1 rings (SSSR count). The number of carbonyl (C=O) groups is 1. The summed E-state index contributed by atoms with van der Waals surface area (Å²) in [7, 11) is 0. The molecule has 0 bridgehead atoms. The van der Waals surface area contributed by atoms with Gasteiger partial charge in [-0.25, -0.2) is 8.78 Å². The van der Waals surface area contributed by atoms with E-state index < -0.39 is 18.4 Å². The number of nitrogens with one attached hydrogen (secondary N) is 1. The average Bonchev–Trinajstić information content (AvgIpc) is 2.26. The first-order valence-corrected chi connectivity index (χ1v) is 5.30. The van der Waals surface area contributed by atoms with Gasteiger partial charge >= 0.3 is 0 Å². The van der Waals surface area contributed by atoms with Crippen LogP contribution in [0.4, 0.5) is 8.78 Å². The van der Waals surface area contributed by atoms with Crippen LogP contribution in [0.15, 0.2) is 41.4 Å². The normalized spacial score (nSPS) is 12.2. The van der Waals surface area contributed by atoms with E-state index in [4.69, 9.17) is 0 Å². The molecule has 0 spiro atoms. The SMILES string of the molecule is C=CC(=O)N[C@@H](c1ccc(Br)cc1)C(F)F. The van der Waals surface area contributed by atoms with E-state index >= 15 is 0 Å². The molecule has 1 amide bonds. The predicted molar refractivity (Wildman–Crippen MR) is 61.2 cm³/mol. The second-order valence-corrected chi connectivity index (χ2v) is 3.99. The summed E-state index contributed by atoms with van der Waals surface area (Å²) in [6.07, 6.45) is -1.70. The molecule has 0 radical (unpaired) electrons. The Balaban J connectivity index is 2.89. The van der Waals surface area contributed by atoms with Crippen molar-refractivity contribution in [2.45, 2.75) is 12.5 Å². The number of benzene rings is 1. The number of amides is 1. The summed E-state index contributed by atoms with van der Waals surface area (Å²) >= 11 is 3.21. The standard InChI is InChI=1S/C11H10BrF2NO/c1-2-9(16)15-10(11(13)14)7-3-5-8(12)6-4-7/h2-6,10-11H,1H2,(H,15,16)/t10-/m0/s1. The lowest BCUT2D eigenvalue weighted by Gasteiger charge is -2.17. The molecule has 0 fully saturated rings. The fourth-order valence-corrected chi connectivity index (χ4v) is 1.44. The lowest BCUT2D eigenvalue weighted by atomic mass is 10.1. The number of carbonyl (C=O) groups excluding carboxylic acids is 1. The maximum absolute atomic E-state index is 12.7. The lowest BCUT2D eigenvalue weighted by Crippen LogP contribution is -2.31. The molecule has 0 saturated heterocycles. The Morgan fingerprint density at radius 2 is 1.94 bits per heavy atom. The van der Waals surface area contributed by atoms with Gasteiger partial charge in [-0.3, -0.25) is 4.79 Å². The van der Waals surface area contributed by atoms with Crippen molar-refractivity contribution >= 4 is 21.8 Å². The number of hydrogen-bond acceptors (Lipinski definition) is 1. The van der Waals surface area contributed by atoms with Crippen LogP contribution in [0.3, 0.4) is 0 Å². The van der Waals surface area contributed by atoms with E-state index in [1.54, 1.807) is 12.1 Å². The van der Waals surface area contributed by atoms with Crippen LogP contribution in [0.5, 0.6) is 0 Å². The van der Waals surface area contributed by atoms with Crippen molar-refractivity contribution in [3.63, 3.8) is 0 Å². The van der Waals surface area contributed by atoms with Crippen molar-refractivity contribution in [1.29, 1.82) is 0 Å². The number of halogens is 3. The van der Waals surface area contributed by atoms with E-state index in [9.17, 15) is 13.6 Å². The second kappa shape index (κ2) is 5.75. The molecule has 0 aliphatic rings. The van der Waals surface area contributed by atoms with Gasteiger partial charge in [-0.15, -0.1) is 0 Å². The highest BCUT2D eigenvalue weighted by Gasteiger charge is 2.23. The average molecular weight is 290 g/mol. The van der Waals surface area contributed by atoms with Gasteiger partial charge < -0.3 is 5.32 Å². The van der Waals surface area contributed by atoms with E-state index in [1.165, 1.54) is 12.1 Å². The van der Waals surface area contributed by atoms with Crippen molar-refractivity contribution < 1.29 is 13.6 Å². The number of hydrogen-bond donors (Lipinski definition) is 1. The van der Waals surface area contributed by atoms with E-state index in [0.717, 1.165) is 10.5 Å². The summed E-state index contributed by atoms with van der Waals surface area (Å²) in [4.78, 5) is 11.0. The van der Waals surface area contributed by atoms with E-state index in [2.05, 4.69) is 27.8 Å². The van der Waals surface area contributed by atoms with Crippen LogP contribution in [0.1, 0.15) is 11.6 Å². The van der Waals surface area contributed by atoms with Gasteiger partial charge in [-0.1, -0.05) is 34.6 Å². The van der Waals surface area contributed by atoms with Crippen LogP contribution in [0, 0.1) is 0 Å². The van der Waals surface area contributed by atoms with Crippen LogP contribution in [0.25, 0.3) is 0 Å². The largest absolute Gasteiger partial charge is 0.340 e. The van der Waals surface area contributed by atoms with Gasteiger partial charge in [-0.05, 0) is 23.8 Å². The van der Waals surface area contributed by atoms with Crippen LogP contribution >= 0.6 is 15.9 Å². The molecule has 0 unspecified atom stereocenters. The Kier molecular flexibility index (Phi) is 4.61. The molecule has 2 nitrogen and oxygen atoms in total. The zero-order chi connectivity index (χ0) is 12.1. The molecule has 1 N–H and O–H groups in total. The minimum absolute atomic E-state index is 0.355. The number of rotatable bonds is 4. The molecule has 5 heteroatoms. The Hall–Kier alpha value is -1.23. The third-order valence-electron chi connectivity index (χ3n) is 1.96. The molecule has 0 saturated carbocycles. The number of alkyl halides is 2. The van der Waals surface area contributed by atoms with Crippen molar-refractivity contribution in [1.82, 2.24) is 5.32 Å². The minimum Gasteiger partial charge on any atom is -0.340 e. The van der Waals surface area contributed by atoms with E-state index in [1.807, 2.05) is 0 Å². The van der Waals surface area contributed by atoms with E-state index in [0.29, 0.717) is 5.56 Å². The maximum atomic E-state index is 12.7. The maximum Gasteiger partial charge on any atom is 0.262 e. The van der Waals surface area contributed by atoms with Crippen molar-refractivity contribution in [2.75, 3.05) is 0 Å². The highest BCUT2D eigenvalue weighted by molar-refractivity contribution is 9.10. The smallest absolute Gasteiger partial charge is 0.262 e. The summed E-state index contributed by atoms with van der Waals surface area (Å²) < 4.78 is 26.2. The van der Waals surface area contributed by atoms with E-state index in [-0.39, 0.29) is 0 Å². The quantitative estimate of drug-likeness (QED) is 0.848. The monoisotopic (exact) mass is 289 g/mol. The van der Waals surface area contributed by atoms with Crippen molar-refractivity contribution in [3.05, 3.63) is 47.0 Å². The van der Waals surface area contributed by atoms with Gasteiger partial charge in [0.2, 0.25) is 5.91 Å². The molecule has 1 atom stereocenters. The Morgan fingerprint density at radius 3 is 2.38 bits per heavy atom. The lowest BCUT2D eigenvalue weighted by molar-refractivity contribution is -0.118. The zero-order valence-corrected chi connectivity index (χ0v) is 9.88. The summed E-state index contributed by atoms with van der Waals surface area (Å²) in [5, 5.41) is 2.18. The van der Waals surface area contributed by atoms with Crippen molar-refractivity contribution in [2.24, 2.45) is 0 Å². The summed E-state index contributed by atoms with van der Waals surface area (Å²) in [6, 6.07) is 5.04. The second-order valence-electron chi connectivity index (χ2n) is 3.08.